The van der Waals surface area contributed by atoms with Crippen molar-refractivity contribution in [1.29, 1.82) is 0 Å². The second-order valence-electron chi connectivity index (χ2n) is 5.56. The first-order valence-electron chi connectivity index (χ1n) is 6.83. The number of nitrogens with one attached hydrogen (secondary N) is 1. The third kappa shape index (κ3) is 3.24. The molecule has 0 radical (unpaired) electrons. The maximum atomic E-state index is 3.44. The number of benzene rings is 2. The molecular formula is C18H23N. The van der Waals surface area contributed by atoms with Gasteiger partial charge >= 0.3 is 0 Å². The topological polar surface area (TPSA) is 12.0 Å². The van der Waals surface area contributed by atoms with Gasteiger partial charge in [0.2, 0.25) is 0 Å². The molecule has 2 aromatic rings. The normalized spacial score (nSPS) is 11.1. The van der Waals surface area contributed by atoms with Gasteiger partial charge in [0, 0.05) is 0 Å². The van der Waals surface area contributed by atoms with Crippen LogP contribution in [0.5, 0.6) is 0 Å². The molecule has 19 heavy (non-hydrogen) atoms. The zero-order valence-corrected chi connectivity index (χ0v) is 12.5. The Balaban J connectivity index is 2.49. The molecule has 0 aliphatic rings. The molecule has 1 nitrogen and oxygen atoms in total. The second-order valence-corrected chi connectivity index (χ2v) is 5.56. The molecule has 0 saturated carbocycles. The van der Waals surface area contributed by atoms with Gasteiger partial charge < -0.3 is 5.32 Å². The van der Waals surface area contributed by atoms with Crippen LogP contribution in [0.2, 0.25) is 0 Å². The van der Waals surface area contributed by atoms with E-state index in [-0.39, 0.29) is 6.04 Å². The van der Waals surface area contributed by atoms with Gasteiger partial charge in [0.15, 0.2) is 0 Å². The monoisotopic (exact) mass is 253 g/mol. The Morgan fingerprint density at radius 3 is 1.21 bits per heavy atom. The maximum Gasteiger partial charge on any atom is 0.0574 e. The van der Waals surface area contributed by atoms with Crippen LogP contribution < -0.4 is 5.32 Å². The Bertz CT molecular complexity index is 492. The van der Waals surface area contributed by atoms with E-state index >= 15 is 0 Å². The maximum absolute atomic E-state index is 3.44. The van der Waals surface area contributed by atoms with E-state index in [1.54, 1.807) is 0 Å². The average Bonchev–Trinajstić information content (AvgIpc) is 2.27. The first kappa shape index (κ1) is 13.8. The van der Waals surface area contributed by atoms with Crippen LogP contribution >= 0.6 is 0 Å². The Morgan fingerprint density at radius 2 is 0.947 bits per heavy atom. The van der Waals surface area contributed by atoms with E-state index in [2.05, 4.69) is 69.4 Å². The van der Waals surface area contributed by atoms with E-state index < -0.39 is 0 Å². The van der Waals surface area contributed by atoms with Gasteiger partial charge in [-0.15, -0.1) is 0 Å². The summed E-state index contributed by atoms with van der Waals surface area (Å²) in [6.45, 7) is 8.63. The Labute approximate surface area is 116 Å². The van der Waals surface area contributed by atoms with Gasteiger partial charge in [-0.2, -0.15) is 0 Å². The molecule has 100 valence electrons. The number of hydrogen-bond donors (Lipinski definition) is 1. The summed E-state index contributed by atoms with van der Waals surface area (Å²) < 4.78 is 0. The molecule has 0 aromatic heterocycles. The highest BCUT2D eigenvalue weighted by molar-refractivity contribution is 5.39. The summed E-state index contributed by atoms with van der Waals surface area (Å²) >= 11 is 0. The lowest BCUT2D eigenvalue weighted by Crippen LogP contribution is -2.18. The van der Waals surface area contributed by atoms with Gasteiger partial charge in [-0.1, -0.05) is 58.7 Å². The molecule has 2 aromatic carbocycles. The van der Waals surface area contributed by atoms with Crippen LogP contribution in [0, 0.1) is 27.7 Å². The predicted octanol–water partition coefficient (Wildman–Crippen LogP) is 4.23. The van der Waals surface area contributed by atoms with E-state index in [9.17, 15) is 0 Å². The summed E-state index contributed by atoms with van der Waals surface area (Å²) in [6, 6.07) is 13.8. The first-order chi connectivity index (χ1) is 8.99. The summed E-state index contributed by atoms with van der Waals surface area (Å²) in [5.74, 6) is 0. The molecule has 0 bridgehead atoms. The Hall–Kier alpha value is -1.60. The highest BCUT2D eigenvalue weighted by Crippen LogP contribution is 2.25. The molecule has 2 rings (SSSR count). The molecule has 0 heterocycles. The summed E-state index contributed by atoms with van der Waals surface area (Å²) in [5, 5.41) is 3.44. The third-order valence-electron chi connectivity index (χ3n) is 3.44. The molecule has 1 N–H and O–H groups in total. The van der Waals surface area contributed by atoms with Crippen LogP contribution in [0.1, 0.15) is 39.4 Å². The number of aryl methyl sites for hydroxylation is 4. The first-order valence-corrected chi connectivity index (χ1v) is 6.83. The van der Waals surface area contributed by atoms with Crippen molar-refractivity contribution in [1.82, 2.24) is 5.32 Å². The molecule has 1 heteroatoms. The SMILES string of the molecule is CNC(c1cc(C)cc(C)c1)c1cc(C)cc(C)c1. The fraction of sp³-hybridized carbons (Fsp3) is 0.333. The predicted molar refractivity (Wildman–Crippen MR) is 82.7 cm³/mol. The molecule has 0 spiro atoms. The summed E-state index contributed by atoms with van der Waals surface area (Å²) in [4.78, 5) is 0. The zero-order valence-electron chi connectivity index (χ0n) is 12.5. The van der Waals surface area contributed by atoms with Gasteiger partial charge in [0.1, 0.15) is 0 Å². The van der Waals surface area contributed by atoms with Gasteiger partial charge in [-0.3, -0.25) is 0 Å². The van der Waals surface area contributed by atoms with Crippen molar-refractivity contribution in [2.45, 2.75) is 33.7 Å². The van der Waals surface area contributed by atoms with Crippen LogP contribution in [0.4, 0.5) is 0 Å². The van der Waals surface area contributed by atoms with E-state index in [0.29, 0.717) is 0 Å². The van der Waals surface area contributed by atoms with Crippen molar-refractivity contribution in [2.75, 3.05) is 7.05 Å². The van der Waals surface area contributed by atoms with Crippen LogP contribution in [0.25, 0.3) is 0 Å². The van der Waals surface area contributed by atoms with Gasteiger partial charge in [0.05, 0.1) is 6.04 Å². The van der Waals surface area contributed by atoms with E-state index in [4.69, 9.17) is 0 Å². The largest absolute Gasteiger partial charge is 0.309 e. The molecule has 0 amide bonds. The zero-order chi connectivity index (χ0) is 14.0. The van der Waals surface area contributed by atoms with Crippen LogP contribution in [0.3, 0.4) is 0 Å². The van der Waals surface area contributed by atoms with Crippen LogP contribution in [0.15, 0.2) is 36.4 Å². The lowest BCUT2D eigenvalue weighted by atomic mass is 9.93. The minimum Gasteiger partial charge on any atom is -0.309 e. The number of hydrogen-bond acceptors (Lipinski definition) is 1. The highest BCUT2D eigenvalue weighted by atomic mass is 14.9. The molecular weight excluding hydrogens is 230 g/mol. The lowest BCUT2D eigenvalue weighted by Gasteiger charge is -2.19. The fourth-order valence-corrected chi connectivity index (χ4v) is 2.88. The van der Waals surface area contributed by atoms with Crippen molar-refractivity contribution in [3.63, 3.8) is 0 Å². The van der Waals surface area contributed by atoms with Crippen molar-refractivity contribution in [3.8, 4) is 0 Å². The van der Waals surface area contributed by atoms with Gasteiger partial charge in [-0.05, 0) is 45.9 Å². The van der Waals surface area contributed by atoms with Crippen LogP contribution in [-0.2, 0) is 0 Å². The van der Waals surface area contributed by atoms with Crippen molar-refractivity contribution >= 4 is 0 Å². The molecule has 0 unspecified atom stereocenters. The van der Waals surface area contributed by atoms with Crippen LogP contribution in [-0.4, -0.2) is 7.05 Å². The molecule has 0 aliphatic heterocycles. The van der Waals surface area contributed by atoms with Gasteiger partial charge in [-0.25, -0.2) is 0 Å². The molecule has 0 aliphatic carbocycles. The van der Waals surface area contributed by atoms with Crippen molar-refractivity contribution in [3.05, 3.63) is 69.8 Å². The Morgan fingerprint density at radius 1 is 0.632 bits per heavy atom. The molecule has 0 fully saturated rings. The minimum absolute atomic E-state index is 0.261. The third-order valence-corrected chi connectivity index (χ3v) is 3.44. The smallest absolute Gasteiger partial charge is 0.0574 e. The fourth-order valence-electron chi connectivity index (χ4n) is 2.88. The molecule has 0 atom stereocenters. The summed E-state index contributed by atoms with van der Waals surface area (Å²) in [5.41, 5.74) is 7.95. The summed E-state index contributed by atoms with van der Waals surface area (Å²) in [7, 11) is 2.03. The minimum atomic E-state index is 0.261. The second kappa shape index (κ2) is 5.58. The van der Waals surface area contributed by atoms with Crippen molar-refractivity contribution < 1.29 is 0 Å². The van der Waals surface area contributed by atoms with E-state index in [0.717, 1.165) is 0 Å². The van der Waals surface area contributed by atoms with Gasteiger partial charge in [0.25, 0.3) is 0 Å². The van der Waals surface area contributed by atoms with E-state index in [1.165, 1.54) is 33.4 Å². The lowest BCUT2D eigenvalue weighted by molar-refractivity contribution is 0.689. The van der Waals surface area contributed by atoms with E-state index in [1.807, 2.05) is 7.05 Å². The highest BCUT2D eigenvalue weighted by Gasteiger charge is 2.13. The quantitative estimate of drug-likeness (QED) is 0.863. The summed E-state index contributed by atoms with van der Waals surface area (Å²) in [6.07, 6.45) is 0. The average molecular weight is 253 g/mol. The van der Waals surface area contributed by atoms with Crippen molar-refractivity contribution in [2.24, 2.45) is 0 Å². The number of rotatable bonds is 3. The Kier molecular flexibility index (Phi) is 4.06. The standard InChI is InChI=1S/C18H23N/c1-12-6-13(2)9-16(8-12)18(19-5)17-10-14(3)7-15(4)11-17/h6-11,18-19H,1-5H3. The molecule has 0 saturated heterocycles.